The molecule has 0 aliphatic carbocycles. The number of nitrogens with zero attached hydrogens (tertiary/aromatic N) is 1. The van der Waals surface area contributed by atoms with Gasteiger partial charge in [-0.1, -0.05) is 47.5 Å². The van der Waals surface area contributed by atoms with E-state index in [0.29, 0.717) is 17.5 Å². The van der Waals surface area contributed by atoms with Crippen molar-refractivity contribution in [3.8, 4) is 11.3 Å². The number of aryl methyl sites for hydroxylation is 1. The first kappa shape index (κ1) is 18.0. The average Bonchev–Trinajstić information content (AvgIpc) is 3.36. The molecule has 0 radical (unpaired) electrons. The van der Waals surface area contributed by atoms with Crippen molar-refractivity contribution in [2.75, 3.05) is 0 Å². The van der Waals surface area contributed by atoms with Gasteiger partial charge in [-0.3, -0.25) is 5.32 Å². The van der Waals surface area contributed by atoms with Crippen LogP contribution < -0.4 is 5.32 Å². The summed E-state index contributed by atoms with van der Waals surface area (Å²) in [5.74, 6) is 1.40. The monoisotopic (exact) mass is 394 g/mol. The summed E-state index contributed by atoms with van der Waals surface area (Å²) >= 11 is 7.69. The highest BCUT2D eigenvalue weighted by molar-refractivity contribution is 7.10. The zero-order valence-electron chi connectivity index (χ0n) is 14.9. The van der Waals surface area contributed by atoms with Gasteiger partial charge in [-0.25, -0.2) is 4.98 Å². The molecule has 2 aromatic carbocycles. The van der Waals surface area contributed by atoms with Crippen molar-refractivity contribution >= 4 is 22.9 Å². The first-order chi connectivity index (χ1) is 13.2. The fraction of sp³-hybridized carbons (Fsp3) is 0.136. The van der Waals surface area contributed by atoms with Crippen LogP contribution in [0.2, 0.25) is 5.02 Å². The summed E-state index contributed by atoms with van der Waals surface area (Å²) in [5, 5.41) is 6.39. The van der Waals surface area contributed by atoms with Crippen molar-refractivity contribution in [1.29, 1.82) is 0 Å². The molecule has 0 saturated carbocycles. The normalized spacial score (nSPS) is 12.2. The Balaban J connectivity index is 1.51. The number of rotatable bonds is 6. The summed E-state index contributed by atoms with van der Waals surface area (Å²) in [7, 11) is 0. The molecule has 1 N–H and O–H groups in total. The van der Waals surface area contributed by atoms with Gasteiger partial charge in [0.25, 0.3) is 0 Å². The molecule has 0 saturated heterocycles. The van der Waals surface area contributed by atoms with E-state index in [1.165, 1.54) is 16.0 Å². The van der Waals surface area contributed by atoms with Crippen LogP contribution in [0.1, 0.15) is 27.9 Å². The molecule has 2 heterocycles. The number of hydrogen-bond acceptors (Lipinski definition) is 4. The van der Waals surface area contributed by atoms with E-state index in [9.17, 15) is 0 Å². The second kappa shape index (κ2) is 8.09. The van der Waals surface area contributed by atoms with E-state index in [1.54, 1.807) is 17.5 Å². The zero-order chi connectivity index (χ0) is 18.6. The maximum absolute atomic E-state index is 5.95. The highest BCUT2D eigenvalue weighted by Crippen LogP contribution is 2.27. The lowest BCUT2D eigenvalue weighted by Crippen LogP contribution is -2.21. The molecule has 0 amide bonds. The van der Waals surface area contributed by atoms with Gasteiger partial charge >= 0.3 is 0 Å². The molecule has 5 heteroatoms. The Bertz CT molecular complexity index is 992. The number of thiophene rings is 1. The van der Waals surface area contributed by atoms with Gasteiger partial charge in [-0.05, 0) is 48.2 Å². The minimum atomic E-state index is 0.108. The number of nitrogens with one attached hydrogen (secondary N) is 1. The third-order valence-electron chi connectivity index (χ3n) is 4.38. The highest BCUT2D eigenvalue weighted by atomic mass is 35.5. The van der Waals surface area contributed by atoms with Crippen LogP contribution in [-0.4, -0.2) is 4.98 Å². The van der Waals surface area contributed by atoms with Crippen LogP contribution in [0.4, 0.5) is 0 Å². The summed E-state index contributed by atoms with van der Waals surface area (Å²) in [6.07, 6.45) is 1.76. The van der Waals surface area contributed by atoms with Gasteiger partial charge in [-0.2, -0.15) is 0 Å². The largest absolute Gasteiger partial charge is 0.439 e. The molecule has 0 fully saturated rings. The fourth-order valence-electron chi connectivity index (χ4n) is 2.93. The Morgan fingerprint density at radius 2 is 1.85 bits per heavy atom. The lowest BCUT2D eigenvalue weighted by atomic mass is 10.0. The van der Waals surface area contributed by atoms with Crippen LogP contribution in [0.5, 0.6) is 0 Å². The minimum Gasteiger partial charge on any atom is -0.439 e. The van der Waals surface area contributed by atoms with Crippen LogP contribution >= 0.6 is 22.9 Å². The van der Waals surface area contributed by atoms with Crippen molar-refractivity contribution in [3.05, 3.63) is 99.2 Å². The van der Waals surface area contributed by atoms with E-state index in [0.717, 1.165) is 11.3 Å². The zero-order valence-corrected chi connectivity index (χ0v) is 16.4. The number of halogens is 1. The van der Waals surface area contributed by atoms with Gasteiger partial charge in [0, 0.05) is 15.5 Å². The number of aromatic nitrogens is 1. The second-order valence-electron chi connectivity index (χ2n) is 6.37. The van der Waals surface area contributed by atoms with E-state index in [4.69, 9.17) is 16.0 Å². The van der Waals surface area contributed by atoms with Gasteiger partial charge in [0.15, 0.2) is 5.76 Å². The third-order valence-corrected chi connectivity index (χ3v) is 5.57. The van der Waals surface area contributed by atoms with Gasteiger partial charge in [-0.15, -0.1) is 11.3 Å². The van der Waals surface area contributed by atoms with Crippen LogP contribution in [0, 0.1) is 6.92 Å². The van der Waals surface area contributed by atoms with Crippen molar-refractivity contribution < 1.29 is 4.42 Å². The van der Waals surface area contributed by atoms with Crippen molar-refractivity contribution in [1.82, 2.24) is 10.3 Å². The van der Waals surface area contributed by atoms with Crippen LogP contribution in [-0.2, 0) is 6.54 Å². The molecule has 0 bridgehead atoms. The Morgan fingerprint density at radius 3 is 2.56 bits per heavy atom. The molecule has 1 atom stereocenters. The number of oxazole rings is 1. The molecule has 4 aromatic rings. The predicted octanol–water partition coefficient (Wildman–Crippen LogP) is 6.24. The summed E-state index contributed by atoms with van der Waals surface area (Å²) in [6.45, 7) is 2.65. The summed E-state index contributed by atoms with van der Waals surface area (Å²) < 4.78 is 5.92. The lowest BCUT2D eigenvalue weighted by molar-refractivity contribution is 0.464. The standard InChI is InChI=1S/C22H19ClN2OS/c1-15-4-6-17(7-5-15)22(20-3-2-12-27-20)25-14-21-24-13-19(26-21)16-8-10-18(23)11-9-16/h2-13,22,25H,14H2,1H3/t22-/m1/s1. The topological polar surface area (TPSA) is 38.1 Å². The molecule has 0 aliphatic rings. The Kier molecular flexibility index (Phi) is 5.39. The quantitative estimate of drug-likeness (QED) is 0.420. The fourth-order valence-corrected chi connectivity index (χ4v) is 3.88. The molecule has 4 rings (SSSR count). The average molecular weight is 395 g/mol. The van der Waals surface area contributed by atoms with E-state index < -0.39 is 0 Å². The van der Waals surface area contributed by atoms with Gasteiger partial charge in [0.1, 0.15) is 0 Å². The SMILES string of the molecule is Cc1ccc([C@@H](NCc2ncc(-c3ccc(Cl)cc3)o2)c2cccs2)cc1. The minimum absolute atomic E-state index is 0.108. The molecule has 2 aromatic heterocycles. The van der Waals surface area contributed by atoms with E-state index in [2.05, 4.69) is 59.0 Å². The maximum Gasteiger partial charge on any atom is 0.208 e. The third kappa shape index (κ3) is 4.30. The van der Waals surface area contributed by atoms with E-state index >= 15 is 0 Å². The molecule has 0 aliphatic heterocycles. The molecule has 3 nitrogen and oxygen atoms in total. The molecule has 27 heavy (non-hydrogen) atoms. The second-order valence-corrected chi connectivity index (χ2v) is 7.78. The molecule has 0 spiro atoms. The van der Waals surface area contributed by atoms with Crippen LogP contribution in [0.15, 0.2) is 76.7 Å². The smallest absolute Gasteiger partial charge is 0.208 e. The van der Waals surface area contributed by atoms with Crippen molar-refractivity contribution in [3.63, 3.8) is 0 Å². The van der Waals surface area contributed by atoms with Crippen molar-refractivity contribution in [2.45, 2.75) is 19.5 Å². The van der Waals surface area contributed by atoms with Crippen LogP contribution in [0.25, 0.3) is 11.3 Å². The molecular formula is C22H19ClN2OS. The van der Waals surface area contributed by atoms with Crippen LogP contribution in [0.3, 0.4) is 0 Å². The number of hydrogen-bond donors (Lipinski definition) is 1. The van der Waals surface area contributed by atoms with E-state index in [-0.39, 0.29) is 6.04 Å². The van der Waals surface area contributed by atoms with Gasteiger partial charge in [0.2, 0.25) is 5.89 Å². The first-order valence-corrected chi connectivity index (χ1v) is 9.99. The van der Waals surface area contributed by atoms with Crippen molar-refractivity contribution in [2.24, 2.45) is 0 Å². The summed E-state index contributed by atoms with van der Waals surface area (Å²) in [5.41, 5.74) is 3.45. The highest BCUT2D eigenvalue weighted by Gasteiger charge is 2.16. The van der Waals surface area contributed by atoms with E-state index in [1.807, 2.05) is 24.3 Å². The predicted molar refractivity (Wildman–Crippen MR) is 111 cm³/mol. The molecular weight excluding hydrogens is 376 g/mol. The molecule has 0 unspecified atom stereocenters. The Labute approximate surface area is 167 Å². The first-order valence-electron chi connectivity index (χ1n) is 8.73. The van der Waals surface area contributed by atoms with Gasteiger partial charge < -0.3 is 4.42 Å². The Hall–Kier alpha value is -2.40. The lowest BCUT2D eigenvalue weighted by Gasteiger charge is -2.17. The molecule has 136 valence electrons. The number of benzene rings is 2. The Morgan fingerprint density at radius 1 is 1.07 bits per heavy atom. The summed E-state index contributed by atoms with van der Waals surface area (Å²) in [6, 6.07) is 20.5. The maximum atomic E-state index is 5.95. The summed E-state index contributed by atoms with van der Waals surface area (Å²) in [4.78, 5) is 5.68. The van der Waals surface area contributed by atoms with Gasteiger partial charge in [0.05, 0.1) is 18.8 Å².